The molecule has 2 N–H and O–H groups in total. The Morgan fingerprint density at radius 3 is 2.18 bits per heavy atom. The van der Waals surface area contributed by atoms with Crippen LogP contribution in [-0.2, 0) is 9.59 Å². The van der Waals surface area contributed by atoms with Crippen molar-refractivity contribution in [1.29, 1.82) is 0 Å². The monoisotopic (exact) mass is 241 g/mol. The van der Waals surface area contributed by atoms with Gasteiger partial charge in [0.15, 0.2) is 0 Å². The van der Waals surface area contributed by atoms with Crippen LogP contribution < -0.4 is 10.6 Å². The van der Waals surface area contributed by atoms with Crippen molar-refractivity contribution < 1.29 is 9.59 Å². The summed E-state index contributed by atoms with van der Waals surface area (Å²) in [5.41, 5.74) is 0. The van der Waals surface area contributed by atoms with Crippen LogP contribution in [0.4, 0.5) is 0 Å². The summed E-state index contributed by atoms with van der Waals surface area (Å²) in [6.45, 7) is 8.15. The minimum absolute atomic E-state index is 0.0137. The second kappa shape index (κ2) is 9.84. The third-order valence-corrected chi connectivity index (χ3v) is 2.29. The fourth-order valence-corrected chi connectivity index (χ4v) is 1.36. The van der Waals surface area contributed by atoms with E-state index < -0.39 is 0 Å². The Kier molecular flexibility index (Phi) is 9.05. The molecule has 0 bridgehead atoms. The second-order valence-corrected chi connectivity index (χ2v) is 3.99. The number of hydrogen-bond donors (Lipinski definition) is 2. The van der Waals surface area contributed by atoms with Gasteiger partial charge in [-0.25, -0.2) is 0 Å². The molecular formula is C12H23N3O2. The molecule has 0 aromatic carbocycles. The molecule has 0 radical (unpaired) electrons. The molecule has 0 aliphatic carbocycles. The molecule has 0 aliphatic heterocycles. The van der Waals surface area contributed by atoms with Gasteiger partial charge in [0.1, 0.15) is 0 Å². The molecule has 5 heteroatoms. The van der Waals surface area contributed by atoms with E-state index in [0.29, 0.717) is 13.1 Å². The molecule has 0 unspecified atom stereocenters. The molecule has 0 aromatic rings. The smallest absolute Gasteiger partial charge is 0.243 e. The van der Waals surface area contributed by atoms with Gasteiger partial charge in [0.2, 0.25) is 11.8 Å². The van der Waals surface area contributed by atoms with Crippen molar-refractivity contribution in [3.8, 4) is 0 Å². The first kappa shape index (κ1) is 15.6. The van der Waals surface area contributed by atoms with Crippen LogP contribution >= 0.6 is 0 Å². The second-order valence-electron chi connectivity index (χ2n) is 3.99. The zero-order chi connectivity index (χ0) is 13.1. The molecule has 0 aliphatic rings. The predicted octanol–water partition coefficient (Wildman–Crippen LogP) is 0.137. The van der Waals surface area contributed by atoms with E-state index in [2.05, 4.69) is 22.1 Å². The van der Waals surface area contributed by atoms with Gasteiger partial charge >= 0.3 is 0 Å². The number of nitrogens with zero attached hydrogens (tertiary/aromatic N) is 1. The Bertz CT molecular complexity index is 254. The van der Waals surface area contributed by atoms with Gasteiger partial charge in [0, 0.05) is 20.0 Å². The summed E-state index contributed by atoms with van der Waals surface area (Å²) in [5, 5.41) is 5.49. The zero-order valence-electron chi connectivity index (χ0n) is 10.8. The number of nitrogens with one attached hydrogen (secondary N) is 2. The van der Waals surface area contributed by atoms with E-state index in [1.54, 1.807) is 0 Å². The highest BCUT2D eigenvalue weighted by atomic mass is 16.2. The molecule has 0 heterocycles. The summed E-state index contributed by atoms with van der Waals surface area (Å²) in [5.74, 6) is -0.113. The largest absolute Gasteiger partial charge is 0.356 e. The number of carbonyl (C=O) groups excluding carboxylic acids is 2. The lowest BCUT2D eigenvalue weighted by Crippen LogP contribution is -2.29. The first-order valence-electron chi connectivity index (χ1n) is 5.89. The molecule has 17 heavy (non-hydrogen) atoms. The van der Waals surface area contributed by atoms with E-state index in [1.807, 2.05) is 7.05 Å². The minimum Gasteiger partial charge on any atom is -0.356 e. The van der Waals surface area contributed by atoms with Crippen molar-refractivity contribution in [3.05, 3.63) is 12.7 Å². The van der Waals surface area contributed by atoms with Gasteiger partial charge in [-0.1, -0.05) is 6.58 Å². The standard InChI is InChI=1S/C12H23N3O2/c1-4-12(17)14-8-6-10-15(3)9-5-7-13-11(2)16/h4H,1,5-10H2,2-3H3,(H,13,16)(H,14,17). The van der Waals surface area contributed by atoms with Crippen molar-refractivity contribution in [2.45, 2.75) is 19.8 Å². The van der Waals surface area contributed by atoms with E-state index in [0.717, 1.165) is 25.9 Å². The molecule has 0 saturated carbocycles. The molecule has 0 fully saturated rings. The van der Waals surface area contributed by atoms with E-state index >= 15 is 0 Å². The van der Waals surface area contributed by atoms with Crippen molar-refractivity contribution >= 4 is 11.8 Å². The zero-order valence-corrected chi connectivity index (χ0v) is 10.8. The fraction of sp³-hybridized carbons (Fsp3) is 0.667. The van der Waals surface area contributed by atoms with Crippen LogP contribution in [0.25, 0.3) is 0 Å². The normalized spacial score (nSPS) is 10.1. The third-order valence-electron chi connectivity index (χ3n) is 2.29. The Hall–Kier alpha value is -1.36. The third kappa shape index (κ3) is 10.9. The van der Waals surface area contributed by atoms with Gasteiger partial charge < -0.3 is 15.5 Å². The quantitative estimate of drug-likeness (QED) is 0.446. The van der Waals surface area contributed by atoms with Crippen LogP contribution in [0, 0.1) is 0 Å². The predicted molar refractivity (Wildman–Crippen MR) is 68.6 cm³/mol. The SMILES string of the molecule is C=CC(=O)NCCCN(C)CCCNC(C)=O. The molecule has 0 rings (SSSR count). The summed E-state index contributed by atoms with van der Waals surface area (Å²) in [6.07, 6.45) is 3.13. The van der Waals surface area contributed by atoms with Gasteiger partial charge in [0.05, 0.1) is 0 Å². The van der Waals surface area contributed by atoms with Gasteiger partial charge in [-0.05, 0) is 39.1 Å². The number of hydrogen-bond acceptors (Lipinski definition) is 3. The Morgan fingerprint density at radius 1 is 1.18 bits per heavy atom. The van der Waals surface area contributed by atoms with E-state index in [9.17, 15) is 9.59 Å². The van der Waals surface area contributed by atoms with Crippen LogP contribution in [0.3, 0.4) is 0 Å². The highest BCUT2D eigenvalue weighted by Crippen LogP contribution is 1.89. The van der Waals surface area contributed by atoms with Crippen molar-refractivity contribution in [2.75, 3.05) is 33.2 Å². The van der Waals surface area contributed by atoms with Crippen molar-refractivity contribution in [3.63, 3.8) is 0 Å². The molecule has 5 nitrogen and oxygen atoms in total. The van der Waals surface area contributed by atoms with Crippen LogP contribution in [0.2, 0.25) is 0 Å². The lowest BCUT2D eigenvalue weighted by Gasteiger charge is -2.16. The summed E-state index contributed by atoms with van der Waals surface area (Å²) in [4.78, 5) is 23.6. The van der Waals surface area contributed by atoms with Crippen LogP contribution in [0.5, 0.6) is 0 Å². The van der Waals surface area contributed by atoms with E-state index in [1.165, 1.54) is 13.0 Å². The topological polar surface area (TPSA) is 61.4 Å². The maximum atomic E-state index is 10.8. The van der Waals surface area contributed by atoms with Crippen LogP contribution in [0.1, 0.15) is 19.8 Å². The maximum Gasteiger partial charge on any atom is 0.243 e. The molecule has 0 saturated heterocycles. The Morgan fingerprint density at radius 2 is 1.71 bits per heavy atom. The van der Waals surface area contributed by atoms with Gasteiger partial charge in [-0.3, -0.25) is 9.59 Å². The fourth-order valence-electron chi connectivity index (χ4n) is 1.36. The van der Waals surface area contributed by atoms with Gasteiger partial charge in [0.25, 0.3) is 0 Å². The molecule has 0 spiro atoms. The molecular weight excluding hydrogens is 218 g/mol. The number of rotatable bonds is 9. The molecule has 0 aromatic heterocycles. The average molecular weight is 241 g/mol. The molecule has 98 valence electrons. The first-order valence-corrected chi connectivity index (χ1v) is 5.89. The number of amides is 2. The lowest BCUT2D eigenvalue weighted by atomic mass is 10.3. The summed E-state index contributed by atoms with van der Waals surface area (Å²) < 4.78 is 0. The summed E-state index contributed by atoms with van der Waals surface area (Å²) in [6, 6.07) is 0. The highest BCUT2D eigenvalue weighted by Gasteiger charge is 1.99. The Labute approximate surface area is 103 Å². The lowest BCUT2D eigenvalue weighted by molar-refractivity contribution is -0.119. The van der Waals surface area contributed by atoms with E-state index in [4.69, 9.17) is 0 Å². The minimum atomic E-state index is -0.127. The highest BCUT2D eigenvalue weighted by molar-refractivity contribution is 5.86. The summed E-state index contributed by atoms with van der Waals surface area (Å²) in [7, 11) is 2.03. The van der Waals surface area contributed by atoms with Crippen molar-refractivity contribution in [1.82, 2.24) is 15.5 Å². The maximum absolute atomic E-state index is 10.8. The molecule has 0 atom stereocenters. The summed E-state index contributed by atoms with van der Waals surface area (Å²) >= 11 is 0. The first-order chi connectivity index (χ1) is 8.06. The van der Waals surface area contributed by atoms with Crippen molar-refractivity contribution in [2.24, 2.45) is 0 Å². The number of carbonyl (C=O) groups is 2. The van der Waals surface area contributed by atoms with E-state index in [-0.39, 0.29) is 11.8 Å². The van der Waals surface area contributed by atoms with Crippen LogP contribution in [-0.4, -0.2) is 49.9 Å². The molecule has 2 amide bonds. The van der Waals surface area contributed by atoms with Gasteiger partial charge in [-0.15, -0.1) is 0 Å². The van der Waals surface area contributed by atoms with Crippen LogP contribution in [0.15, 0.2) is 12.7 Å². The average Bonchev–Trinajstić information content (AvgIpc) is 2.29. The van der Waals surface area contributed by atoms with Gasteiger partial charge in [-0.2, -0.15) is 0 Å². The Balaban J connectivity index is 3.34.